The first-order valence-electron chi connectivity index (χ1n) is 2.81. The van der Waals surface area contributed by atoms with Crippen molar-refractivity contribution in [3.8, 4) is 0 Å². The van der Waals surface area contributed by atoms with E-state index >= 15 is 0 Å². The number of nitrogens with two attached hydrogens (primary N) is 1. The van der Waals surface area contributed by atoms with Crippen LogP contribution in [-0.4, -0.2) is 0 Å². The van der Waals surface area contributed by atoms with Crippen LogP contribution in [0.5, 0.6) is 0 Å². The van der Waals surface area contributed by atoms with E-state index in [9.17, 15) is 0 Å². The normalized spacial score (nSPS) is 13.6. The van der Waals surface area contributed by atoms with Crippen molar-refractivity contribution >= 4 is 43.2 Å². The summed E-state index contributed by atoms with van der Waals surface area (Å²) < 4.78 is 2.20. The fourth-order valence-corrected chi connectivity index (χ4v) is 2.63. The van der Waals surface area contributed by atoms with Gasteiger partial charge in [0.05, 0.1) is 3.79 Å². The Labute approximate surface area is 80.9 Å². The van der Waals surface area contributed by atoms with Gasteiger partial charge in [0.2, 0.25) is 0 Å². The van der Waals surface area contributed by atoms with Crippen LogP contribution in [0.25, 0.3) is 0 Å². The van der Waals surface area contributed by atoms with E-state index in [1.54, 1.807) is 11.3 Å². The molecule has 10 heavy (non-hydrogen) atoms. The lowest BCUT2D eigenvalue weighted by molar-refractivity contribution is 0.838. The van der Waals surface area contributed by atoms with Gasteiger partial charge in [-0.2, -0.15) is 0 Å². The topological polar surface area (TPSA) is 26.0 Å². The van der Waals surface area contributed by atoms with E-state index in [1.807, 2.05) is 13.0 Å². The van der Waals surface area contributed by atoms with Crippen LogP contribution < -0.4 is 5.73 Å². The molecule has 0 amide bonds. The van der Waals surface area contributed by atoms with Crippen molar-refractivity contribution < 1.29 is 0 Å². The SMILES string of the molecule is C[C@@H](N)c1cc(Br)c(Br)s1. The molecule has 0 bridgehead atoms. The van der Waals surface area contributed by atoms with Crippen LogP contribution in [0.3, 0.4) is 0 Å². The first-order valence-corrected chi connectivity index (χ1v) is 5.22. The summed E-state index contributed by atoms with van der Waals surface area (Å²) in [5, 5.41) is 0. The molecule has 0 unspecified atom stereocenters. The van der Waals surface area contributed by atoms with Crippen molar-refractivity contribution in [1.82, 2.24) is 0 Å². The summed E-state index contributed by atoms with van der Waals surface area (Å²) in [7, 11) is 0. The fourth-order valence-electron chi connectivity index (χ4n) is 0.588. The molecule has 4 heteroatoms. The molecule has 0 aliphatic heterocycles. The van der Waals surface area contributed by atoms with Crippen LogP contribution in [0.15, 0.2) is 14.3 Å². The maximum absolute atomic E-state index is 5.66. The first-order chi connectivity index (χ1) is 4.61. The molecule has 1 aromatic heterocycles. The molecule has 0 aromatic carbocycles. The van der Waals surface area contributed by atoms with Crippen molar-refractivity contribution in [2.24, 2.45) is 5.73 Å². The molecular formula is C6H7Br2NS. The molecule has 56 valence electrons. The van der Waals surface area contributed by atoms with Crippen LogP contribution >= 0.6 is 43.2 Å². The van der Waals surface area contributed by atoms with E-state index in [1.165, 1.54) is 4.88 Å². The van der Waals surface area contributed by atoms with Gasteiger partial charge in [-0.05, 0) is 44.8 Å². The highest BCUT2D eigenvalue weighted by atomic mass is 79.9. The number of hydrogen-bond donors (Lipinski definition) is 1. The molecule has 1 rings (SSSR count). The number of hydrogen-bond acceptors (Lipinski definition) is 2. The van der Waals surface area contributed by atoms with E-state index in [-0.39, 0.29) is 6.04 Å². The van der Waals surface area contributed by atoms with Gasteiger partial charge in [-0.3, -0.25) is 0 Å². The maximum Gasteiger partial charge on any atom is 0.0843 e. The molecule has 1 aromatic rings. The highest BCUT2D eigenvalue weighted by molar-refractivity contribution is 9.13. The van der Waals surface area contributed by atoms with E-state index in [0.29, 0.717) is 0 Å². The van der Waals surface area contributed by atoms with Crippen LogP contribution in [0.1, 0.15) is 17.8 Å². The van der Waals surface area contributed by atoms with Crippen LogP contribution in [0.2, 0.25) is 0 Å². The third-order valence-corrected chi connectivity index (χ3v) is 4.57. The molecule has 0 aliphatic carbocycles. The highest BCUT2D eigenvalue weighted by Crippen LogP contribution is 2.34. The van der Waals surface area contributed by atoms with Crippen LogP contribution in [-0.2, 0) is 0 Å². The number of halogens is 2. The average molecular weight is 285 g/mol. The lowest BCUT2D eigenvalue weighted by Gasteiger charge is -1.96. The number of rotatable bonds is 1. The smallest absolute Gasteiger partial charge is 0.0843 e. The third-order valence-electron chi connectivity index (χ3n) is 1.11. The Morgan fingerprint density at radius 3 is 2.40 bits per heavy atom. The van der Waals surface area contributed by atoms with Crippen molar-refractivity contribution in [2.45, 2.75) is 13.0 Å². The fraction of sp³-hybridized carbons (Fsp3) is 0.333. The van der Waals surface area contributed by atoms with Crippen molar-refractivity contribution in [2.75, 3.05) is 0 Å². The Balaban J connectivity index is 2.98. The lowest BCUT2D eigenvalue weighted by atomic mass is 10.3. The standard InChI is InChI=1S/C6H7Br2NS/c1-3(9)5-2-4(7)6(8)10-5/h2-3H,9H2,1H3/t3-/m1/s1. The van der Waals surface area contributed by atoms with Gasteiger partial charge >= 0.3 is 0 Å². The van der Waals surface area contributed by atoms with E-state index < -0.39 is 0 Å². The minimum absolute atomic E-state index is 0.132. The molecule has 0 spiro atoms. The minimum Gasteiger partial charge on any atom is -0.324 e. The van der Waals surface area contributed by atoms with Gasteiger partial charge < -0.3 is 5.73 Å². The molecule has 0 fully saturated rings. The summed E-state index contributed by atoms with van der Waals surface area (Å²) in [5.74, 6) is 0. The van der Waals surface area contributed by atoms with Crippen LogP contribution in [0.4, 0.5) is 0 Å². The first kappa shape index (κ1) is 8.71. The van der Waals surface area contributed by atoms with Crippen LogP contribution in [0, 0.1) is 0 Å². The van der Waals surface area contributed by atoms with E-state index in [4.69, 9.17) is 5.73 Å². The summed E-state index contributed by atoms with van der Waals surface area (Å²) >= 11 is 8.46. The lowest BCUT2D eigenvalue weighted by Crippen LogP contribution is -2.01. The van der Waals surface area contributed by atoms with Crippen molar-refractivity contribution in [1.29, 1.82) is 0 Å². The summed E-state index contributed by atoms with van der Waals surface area (Å²) in [6.07, 6.45) is 0. The van der Waals surface area contributed by atoms with Gasteiger partial charge in [-0.15, -0.1) is 11.3 Å². The molecule has 0 saturated carbocycles. The van der Waals surface area contributed by atoms with Gasteiger partial charge in [-0.1, -0.05) is 0 Å². The quantitative estimate of drug-likeness (QED) is 0.841. The Morgan fingerprint density at radius 1 is 1.60 bits per heavy atom. The molecule has 0 aliphatic rings. The predicted molar refractivity (Wildman–Crippen MR) is 52.3 cm³/mol. The molecular weight excluding hydrogens is 278 g/mol. The van der Waals surface area contributed by atoms with Gasteiger partial charge in [0.25, 0.3) is 0 Å². The van der Waals surface area contributed by atoms with Crippen molar-refractivity contribution in [3.05, 3.63) is 19.2 Å². The summed E-state index contributed by atoms with van der Waals surface area (Å²) in [5.41, 5.74) is 5.66. The average Bonchev–Trinajstić information content (AvgIpc) is 2.13. The third kappa shape index (κ3) is 1.81. The Bertz CT molecular complexity index is 212. The van der Waals surface area contributed by atoms with Gasteiger partial charge in [0.1, 0.15) is 0 Å². The zero-order chi connectivity index (χ0) is 7.72. The summed E-state index contributed by atoms with van der Waals surface area (Å²) in [6, 6.07) is 2.17. The van der Waals surface area contributed by atoms with Gasteiger partial charge in [0, 0.05) is 15.4 Å². The Morgan fingerprint density at radius 2 is 2.20 bits per heavy atom. The number of thiophene rings is 1. The zero-order valence-corrected chi connectivity index (χ0v) is 9.38. The molecule has 0 radical (unpaired) electrons. The zero-order valence-electron chi connectivity index (χ0n) is 5.40. The summed E-state index contributed by atoms with van der Waals surface area (Å²) in [6.45, 7) is 1.98. The summed E-state index contributed by atoms with van der Waals surface area (Å²) in [4.78, 5) is 1.19. The molecule has 2 N–H and O–H groups in total. The second-order valence-corrected chi connectivity index (χ2v) is 5.32. The molecule has 0 saturated heterocycles. The molecule has 1 atom stereocenters. The molecule has 1 heterocycles. The van der Waals surface area contributed by atoms with Gasteiger partial charge in [-0.25, -0.2) is 0 Å². The van der Waals surface area contributed by atoms with Gasteiger partial charge in [0.15, 0.2) is 0 Å². The molecule has 1 nitrogen and oxygen atoms in total. The Hall–Kier alpha value is 0.620. The second kappa shape index (κ2) is 3.34. The highest BCUT2D eigenvalue weighted by Gasteiger charge is 2.06. The predicted octanol–water partition coefficient (Wildman–Crippen LogP) is 3.29. The van der Waals surface area contributed by atoms with E-state index in [2.05, 4.69) is 31.9 Å². The minimum atomic E-state index is 0.132. The maximum atomic E-state index is 5.66. The second-order valence-electron chi connectivity index (χ2n) is 2.06. The van der Waals surface area contributed by atoms with Crippen molar-refractivity contribution in [3.63, 3.8) is 0 Å². The largest absolute Gasteiger partial charge is 0.324 e. The monoisotopic (exact) mass is 283 g/mol. The van der Waals surface area contributed by atoms with E-state index in [0.717, 1.165) is 8.26 Å². The Kier molecular flexibility index (Phi) is 2.91.